The summed E-state index contributed by atoms with van der Waals surface area (Å²) in [6, 6.07) is 12.8. The smallest absolute Gasteiger partial charge is 0.347 e. The average molecular weight is 445 g/mol. The third kappa shape index (κ3) is 4.54. The Hall–Kier alpha value is -2.99. The fourth-order valence-corrected chi connectivity index (χ4v) is 3.64. The van der Waals surface area contributed by atoms with Crippen LogP contribution in [0.5, 0.6) is 11.5 Å². The number of benzene rings is 3. The molecule has 164 valence electrons. The molecule has 0 radical (unpaired) electrons. The van der Waals surface area contributed by atoms with Gasteiger partial charge in [-0.15, -0.1) is 0 Å². The highest BCUT2D eigenvalue weighted by Gasteiger charge is 2.26. The van der Waals surface area contributed by atoms with Crippen molar-refractivity contribution < 1.29 is 28.5 Å². The van der Waals surface area contributed by atoms with Crippen LogP contribution in [0, 0.1) is 0 Å². The summed E-state index contributed by atoms with van der Waals surface area (Å²) in [7, 11) is 2.66. The Balaban J connectivity index is 2.29. The number of hydrogen-bond donors (Lipinski definition) is 0. The lowest BCUT2D eigenvalue weighted by Gasteiger charge is -2.23. The molecular weight excluding hydrogens is 420 g/mol. The van der Waals surface area contributed by atoms with Gasteiger partial charge in [-0.3, -0.25) is 0 Å². The molecule has 0 fully saturated rings. The normalized spacial score (nSPS) is 12.9. The van der Waals surface area contributed by atoms with Gasteiger partial charge in [-0.25, -0.2) is 9.59 Å². The zero-order valence-electron chi connectivity index (χ0n) is 17.9. The lowest BCUT2D eigenvalue weighted by Crippen LogP contribution is -2.28. The van der Waals surface area contributed by atoms with Crippen molar-refractivity contribution >= 4 is 45.1 Å². The minimum Gasteiger partial charge on any atom is -0.477 e. The molecule has 2 unspecified atom stereocenters. The molecule has 0 saturated heterocycles. The average Bonchev–Trinajstić information content (AvgIpc) is 2.80. The molecule has 0 N–H and O–H groups in total. The number of ether oxygens (including phenoxy) is 4. The van der Waals surface area contributed by atoms with E-state index in [2.05, 4.69) is 0 Å². The second kappa shape index (κ2) is 9.88. The van der Waals surface area contributed by atoms with Gasteiger partial charge in [0.2, 0.25) is 0 Å². The van der Waals surface area contributed by atoms with Crippen molar-refractivity contribution in [2.24, 2.45) is 0 Å². The molecule has 2 atom stereocenters. The predicted octanol–water partition coefficient (Wildman–Crippen LogP) is 5.31. The van der Waals surface area contributed by atoms with Crippen molar-refractivity contribution in [2.75, 3.05) is 14.2 Å². The van der Waals surface area contributed by atoms with Crippen molar-refractivity contribution in [2.45, 2.75) is 38.9 Å². The van der Waals surface area contributed by atoms with Gasteiger partial charge in [0, 0.05) is 26.6 Å². The summed E-state index contributed by atoms with van der Waals surface area (Å²) in [5.41, 5.74) is 0. The van der Waals surface area contributed by atoms with Gasteiger partial charge in [-0.1, -0.05) is 49.7 Å². The first kappa shape index (κ1) is 22.7. The van der Waals surface area contributed by atoms with Gasteiger partial charge in [0.15, 0.2) is 12.2 Å². The van der Waals surface area contributed by atoms with Crippen LogP contribution in [-0.2, 0) is 19.1 Å². The van der Waals surface area contributed by atoms with Crippen molar-refractivity contribution in [1.29, 1.82) is 0 Å². The molecule has 0 heterocycles. The number of carbonyl (C=O) groups is 2. The first-order valence-electron chi connectivity index (χ1n) is 10.1. The minimum absolute atomic E-state index is 0.432. The van der Waals surface area contributed by atoms with Gasteiger partial charge >= 0.3 is 11.9 Å². The van der Waals surface area contributed by atoms with E-state index in [1.807, 2.05) is 44.2 Å². The molecule has 3 aromatic rings. The van der Waals surface area contributed by atoms with Gasteiger partial charge in [0.25, 0.3) is 0 Å². The van der Waals surface area contributed by atoms with Crippen LogP contribution in [0.3, 0.4) is 0 Å². The van der Waals surface area contributed by atoms with Crippen LogP contribution >= 0.6 is 11.6 Å². The first-order valence-corrected chi connectivity index (χ1v) is 10.5. The van der Waals surface area contributed by atoms with Crippen LogP contribution in [0.15, 0.2) is 42.5 Å². The highest BCUT2D eigenvalue weighted by molar-refractivity contribution is 6.31. The summed E-state index contributed by atoms with van der Waals surface area (Å²) in [6.45, 7) is 3.70. The molecule has 0 bridgehead atoms. The highest BCUT2D eigenvalue weighted by Crippen LogP contribution is 2.44. The van der Waals surface area contributed by atoms with E-state index >= 15 is 0 Å². The number of halogens is 1. The molecule has 0 aliphatic rings. The Bertz CT molecular complexity index is 1110. The van der Waals surface area contributed by atoms with E-state index in [0.29, 0.717) is 40.1 Å². The predicted molar refractivity (Wildman–Crippen MR) is 120 cm³/mol. The fraction of sp³-hybridized carbons (Fsp3) is 0.333. The van der Waals surface area contributed by atoms with E-state index in [1.165, 1.54) is 14.2 Å². The SMILES string of the molecule is CCC(Oc1c2ccccc2c(OC(CC)C(=O)OC)c2cc(Cl)ccc12)C(=O)OC. The zero-order valence-corrected chi connectivity index (χ0v) is 18.7. The van der Waals surface area contributed by atoms with Crippen molar-refractivity contribution in [3.05, 3.63) is 47.5 Å². The Morgan fingerprint density at radius 1 is 0.774 bits per heavy atom. The maximum Gasteiger partial charge on any atom is 0.347 e. The monoisotopic (exact) mass is 444 g/mol. The van der Waals surface area contributed by atoms with Gasteiger partial charge < -0.3 is 18.9 Å². The Morgan fingerprint density at radius 3 is 1.68 bits per heavy atom. The molecule has 0 saturated carbocycles. The molecular formula is C24H25ClO6. The van der Waals surface area contributed by atoms with Crippen LogP contribution in [0.25, 0.3) is 21.5 Å². The van der Waals surface area contributed by atoms with E-state index < -0.39 is 24.1 Å². The quantitative estimate of drug-likeness (QED) is 0.346. The summed E-state index contributed by atoms with van der Waals surface area (Å²) >= 11 is 6.30. The highest BCUT2D eigenvalue weighted by atomic mass is 35.5. The molecule has 3 rings (SSSR count). The third-order valence-electron chi connectivity index (χ3n) is 5.08. The molecule has 0 aliphatic carbocycles. The van der Waals surface area contributed by atoms with E-state index in [-0.39, 0.29) is 0 Å². The lowest BCUT2D eigenvalue weighted by molar-refractivity contribution is -0.149. The van der Waals surface area contributed by atoms with Gasteiger partial charge in [-0.2, -0.15) is 0 Å². The molecule has 0 aliphatic heterocycles. The van der Waals surface area contributed by atoms with Crippen LogP contribution in [0.1, 0.15) is 26.7 Å². The second-order valence-corrected chi connectivity index (χ2v) is 7.41. The van der Waals surface area contributed by atoms with Gasteiger partial charge in [0.1, 0.15) is 11.5 Å². The Morgan fingerprint density at radius 2 is 1.23 bits per heavy atom. The molecule has 6 nitrogen and oxygen atoms in total. The Kier molecular flexibility index (Phi) is 7.23. The maximum atomic E-state index is 12.2. The van der Waals surface area contributed by atoms with E-state index in [0.717, 1.165) is 10.8 Å². The molecule has 3 aromatic carbocycles. The molecule has 7 heteroatoms. The van der Waals surface area contributed by atoms with Gasteiger partial charge in [-0.05, 0) is 31.0 Å². The summed E-state index contributed by atoms with van der Waals surface area (Å²) < 4.78 is 22.1. The van der Waals surface area contributed by atoms with Crippen LogP contribution in [0.2, 0.25) is 5.02 Å². The van der Waals surface area contributed by atoms with E-state index in [4.69, 9.17) is 30.5 Å². The number of hydrogen-bond acceptors (Lipinski definition) is 6. The topological polar surface area (TPSA) is 71.1 Å². The first-order chi connectivity index (χ1) is 14.9. The third-order valence-corrected chi connectivity index (χ3v) is 5.31. The number of fused-ring (bicyclic) bond motifs is 2. The van der Waals surface area contributed by atoms with E-state index in [9.17, 15) is 9.59 Å². The van der Waals surface area contributed by atoms with Crippen molar-refractivity contribution in [3.63, 3.8) is 0 Å². The molecule has 0 spiro atoms. The maximum absolute atomic E-state index is 12.2. The minimum atomic E-state index is -0.777. The van der Waals surface area contributed by atoms with Gasteiger partial charge in [0.05, 0.1) is 14.2 Å². The molecule has 31 heavy (non-hydrogen) atoms. The molecule has 0 amide bonds. The largest absolute Gasteiger partial charge is 0.477 e. The van der Waals surface area contributed by atoms with E-state index in [1.54, 1.807) is 12.1 Å². The number of methoxy groups -OCH3 is 2. The summed E-state index contributed by atoms with van der Waals surface area (Å²) in [5, 5.41) is 3.36. The number of esters is 2. The van der Waals surface area contributed by atoms with Crippen LogP contribution < -0.4 is 9.47 Å². The second-order valence-electron chi connectivity index (χ2n) is 6.97. The zero-order chi connectivity index (χ0) is 22.5. The van der Waals surface area contributed by atoms with Crippen molar-refractivity contribution in [3.8, 4) is 11.5 Å². The molecule has 0 aromatic heterocycles. The number of rotatable bonds is 8. The van der Waals surface area contributed by atoms with Crippen molar-refractivity contribution in [1.82, 2.24) is 0 Å². The Labute approximate surface area is 186 Å². The van der Waals surface area contributed by atoms with Crippen LogP contribution in [0.4, 0.5) is 0 Å². The number of carbonyl (C=O) groups excluding carboxylic acids is 2. The fourth-order valence-electron chi connectivity index (χ4n) is 3.47. The standard InChI is InChI=1S/C24H25ClO6/c1-5-19(23(26)28-3)30-21-15-9-7-8-10-16(15)22(31-20(6-2)24(27)29-4)18-13-14(25)11-12-17(18)21/h7-13,19-20H,5-6H2,1-4H3. The summed E-state index contributed by atoms with van der Waals surface area (Å²) in [6.07, 6.45) is -0.672. The van der Waals surface area contributed by atoms with Crippen LogP contribution in [-0.4, -0.2) is 38.4 Å². The lowest BCUT2D eigenvalue weighted by atomic mass is 10.00. The summed E-state index contributed by atoms with van der Waals surface area (Å²) in [4.78, 5) is 24.4. The summed E-state index contributed by atoms with van der Waals surface area (Å²) in [5.74, 6) is 0.117.